The summed E-state index contributed by atoms with van der Waals surface area (Å²) in [6.45, 7) is 3.49. The summed E-state index contributed by atoms with van der Waals surface area (Å²) in [6.07, 6.45) is -5.11. The molecule has 0 aromatic rings. The lowest BCUT2D eigenvalue weighted by atomic mass is 10.4. The molecule has 0 N–H and O–H groups in total. The van der Waals surface area contributed by atoms with E-state index in [1.165, 1.54) is 20.8 Å². The largest absolute Gasteiger partial charge is 0.461 e. The summed E-state index contributed by atoms with van der Waals surface area (Å²) in [6, 6.07) is 0. The number of carbonyl (C=O) groups excluding carboxylic acids is 1. The first-order chi connectivity index (χ1) is 8.70. The highest BCUT2D eigenvalue weighted by molar-refractivity contribution is 7.52. The van der Waals surface area contributed by atoms with Crippen LogP contribution in [-0.2, 0) is 23.1 Å². The van der Waals surface area contributed by atoms with Crippen molar-refractivity contribution in [2.24, 2.45) is 4.76 Å². The van der Waals surface area contributed by atoms with E-state index in [1.807, 2.05) is 0 Å². The van der Waals surface area contributed by atoms with Crippen molar-refractivity contribution >= 4 is 19.4 Å². The Bertz CT molecular complexity index is 373. The average molecular weight is 305 g/mol. The van der Waals surface area contributed by atoms with Crippen LogP contribution in [0.4, 0.5) is 13.2 Å². The Balaban J connectivity index is 5.50. The van der Waals surface area contributed by atoms with Gasteiger partial charge in [0.15, 0.2) is 0 Å². The van der Waals surface area contributed by atoms with Crippen molar-refractivity contribution in [1.82, 2.24) is 0 Å². The van der Waals surface area contributed by atoms with Crippen LogP contribution < -0.4 is 0 Å². The Hall–Kier alpha value is -0.920. The molecule has 0 aromatic heterocycles. The van der Waals surface area contributed by atoms with Crippen molar-refractivity contribution < 1.29 is 36.3 Å². The van der Waals surface area contributed by atoms with Crippen molar-refractivity contribution in [3.63, 3.8) is 0 Å². The third-order valence-corrected chi connectivity index (χ3v) is 3.16. The summed E-state index contributed by atoms with van der Waals surface area (Å²) in [5.74, 6) is -1.73. The molecule has 19 heavy (non-hydrogen) atoms. The second kappa shape index (κ2) is 7.62. The molecule has 0 amide bonds. The van der Waals surface area contributed by atoms with Gasteiger partial charge in [0.2, 0.25) is 5.71 Å². The maximum absolute atomic E-state index is 12.6. The van der Waals surface area contributed by atoms with Gasteiger partial charge in [0.05, 0.1) is 19.8 Å². The molecule has 0 bridgehead atoms. The van der Waals surface area contributed by atoms with Gasteiger partial charge in [0, 0.05) is 0 Å². The first kappa shape index (κ1) is 18.1. The number of rotatable bonds is 7. The van der Waals surface area contributed by atoms with Crippen LogP contribution in [0.3, 0.4) is 0 Å². The highest BCUT2D eigenvalue weighted by atomic mass is 31.2. The highest BCUT2D eigenvalue weighted by Crippen LogP contribution is 2.50. The van der Waals surface area contributed by atoms with Gasteiger partial charge in [-0.25, -0.2) is 9.36 Å². The van der Waals surface area contributed by atoms with E-state index in [0.717, 1.165) is 0 Å². The predicted octanol–water partition coefficient (Wildman–Crippen LogP) is 2.73. The molecular weight excluding hydrogens is 290 g/mol. The van der Waals surface area contributed by atoms with Gasteiger partial charge in [-0.05, 0) is 20.8 Å². The second-order valence-corrected chi connectivity index (χ2v) is 4.62. The Kier molecular flexibility index (Phi) is 7.25. The Morgan fingerprint density at radius 1 is 1.11 bits per heavy atom. The number of carbonyl (C=O) groups is 1. The summed E-state index contributed by atoms with van der Waals surface area (Å²) >= 11 is 0. The van der Waals surface area contributed by atoms with Gasteiger partial charge in [0.1, 0.15) is 0 Å². The zero-order valence-corrected chi connectivity index (χ0v) is 11.6. The minimum Gasteiger partial charge on any atom is -0.461 e. The Morgan fingerprint density at radius 2 is 1.58 bits per heavy atom. The number of hydrogen-bond donors (Lipinski definition) is 0. The molecule has 0 saturated heterocycles. The normalized spacial score (nSPS) is 13.5. The number of hydrogen-bond acceptors (Lipinski definition) is 5. The number of nitrogens with zero attached hydrogens (tertiary/aromatic N) is 1. The molecule has 0 aromatic carbocycles. The number of esters is 1. The molecule has 0 aliphatic rings. The minimum absolute atomic E-state index is 0.186. The summed E-state index contributed by atoms with van der Waals surface area (Å²) < 4.78 is 65.9. The SMILES string of the molecule is CCOC(=O)C(=NP(=O)(OCC)OCC)C(F)(F)F. The van der Waals surface area contributed by atoms with Crippen LogP contribution in [0.25, 0.3) is 0 Å². The van der Waals surface area contributed by atoms with Gasteiger partial charge in [0.25, 0.3) is 0 Å². The lowest BCUT2D eigenvalue weighted by Crippen LogP contribution is -2.32. The van der Waals surface area contributed by atoms with E-state index in [0.29, 0.717) is 0 Å². The molecule has 0 unspecified atom stereocenters. The smallest absolute Gasteiger partial charge is 0.454 e. The number of ether oxygens (including phenoxy) is 1. The third kappa shape index (κ3) is 6.17. The van der Waals surface area contributed by atoms with Gasteiger partial charge in [-0.15, -0.1) is 0 Å². The Morgan fingerprint density at radius 3 is 1.89 bits per heavy atom. The molecule has 112 valence electrons. The highest BCUT2D eigenvalue weighted by Gasteiger charge is 2.45. The van der Waals surface area contributed by atoms with Gasteiger partial charge < -0.3 is 4.74 Å². The molecule has 0 atom stereocenters. The fourth-order valence-corrected chi connectivity index (χ4v) is 2.24. The van der Waals surface area contributed by atoms with Crippen molar-refractivity contribution in [3.05, 3.63) is 0 Å². The first-order valence-corrected chi connectivity index (χ1v) is 6.93. The molecule has 0 heterocycles. The molecule has 0 spiro atoms. The van der Waals surface area contributed by atoms with E-state index in [-0.39, 0.29) is 19.8 Å². The van der Waals surface area contributed by atoms with Crippen LogP contribution in [0.1, 0.15) is 20.8 Å². The van der Waals surface area contributed by atoms with Gasteiger partial charge in [-0.1, -0.05) is 0 Å². The van der Waals surface area contributed by atoms with Crippen LogP contribution in [-0.4, -0.2) is 37.7 Å². The number of halogens is 3. The molecule has 0 saturated carbocycles. The van der Waals surface area contributed by atoms with Crippen LogP contribution >= 0.6 is 7.75 Å². The van der Waals surface area contributed by atoms with E-state index in [1.54, 1.807) is 0 Å². The zero-order valence-electron chi connectivity index (χ0n) is 10.7. The van der Waals surface area contributed by atoms with Crippen molar-refractivity contribution in [3.8, 4) is 0 Å². The number of alkyl halides is 3. The molecular formula is C9H15F3NO5P. The van der Waals surface area contributed by atoms with E-state index in [9.17, 15) is 22.5 Å². The van der Waals surface area contributed by atoms with Gasteiger partial charge in [-0.3, -0.25) is 9.05 Å². The maximum Gasteiger partial charge on any atom is 0.454 e. The Labute approximate surface area is 108 Å². The molecule has 0 rings (SSSR count). The van der Waals surface area contributed by atoms with Crippen LogP contribution in [0.2, 0.25) is 0 Å². The van der Waals surface area contributed by atoms with Crippen LogP contribution in [0, 0.1) is 0 Å². The van der Waals surface area contributed by atoms with Crippen LogP contribution in [0.5, 0.6) is 0 Å². The van der Waals surface area contributed by atoms with Crippen molar-refractivity contribution in [2.75, 3.05) is 19.8 Å². The summed E-state index contributed by atoms with van der Waals surface area (Å²) in [5, 5.41) is 0. The summed E-state index contributed by atoms with van der Waals surface area (Å²) in [7, 11) is -4.38. The molecule has 0 radical (unpaired) electrons. The van der Waals surface area contributed by atoms with Crippen LogP contribution in [0.15, 0.2) is 4.76 Å². The topological polar surface area (TPSA) is 74.2 Å². The quantitative estimate of drug-likeness (QED) is 0.411. The standard InChI is InChI=1S/C9H15F3NO5P/c1-4-16-8(14)7(9(10,11)12)13-19(15,17-5-2)18-6-3/h4-6H2,1-3H3. The average Bonchev–Trinajstić information content (AvgIpc) is 2.25. The lowest BCUT2D eigenvalue weighted by molar-refractivity contribution is -0.139. The second-order valence-electron chi connectivity index (χ2n) is 2.97. The molecule has 0 aliphatic heterocycles. The van der Waals surface area contributed by atoms with E-state index in [2.05, 4.69) is 18.5 Å². The van der Waals surface area contributed by atoms with E-state index < -0.39 is 25.6 Å². The first-order valence-electron chi connectivity index (χ1n) is 5.43. The van der Waals surface area contributed by atoms with Gasteiger partial charge in [-0.2, -0.15) is 17.9 Å². The molecule has 0 fully saturated rings. The molecule has 10 heteroatoms. The molecule has 0 aliphatic carbocycles. The maximum atomic E-state index is 12.6. The fraction of sp³-hybridized carbons (Fsp3) is 0.778. The summed E-state index contributed by atoms with van der Waals surface area (Å²) in [4.78, 5) is 11.2. The third-order valence-electron chi connectivity index (χ3n) is 1.54. The lowest BCUT2D eigenvalue weighted by Gasteiger charge is -2.15. The molecule has 6 nitrogen and oxygen atoms in total. The monoisotopic (exact) mass is 305 g/mol. The van der Waals surface area contributed by atoms with E-state index in [4.69, 9.17) is 0 Å². The van der Waals surface area contributed by atoms with Crippen molar-refractivity contribution in [1.29, 1.82) is 0 Å². The zero-order chi connectivity index (χ0) is 15.1. The summed E-state index contributed by atoms with van der Waals surface area (Å²) in [5.41, 5.74) is -1.94. The van der Waals surface area contributed by atoms with Crippen molar-refractivity contribution in [2.45, 2.75) is 26.9 Å². The predicted molar refractivity (Wildman–Crippen MR) is 61.0 cm³/mol. The minimum atomic E-state index is -5.11. The van der Waals surface area contributed by atoms with Gasteiger partial charge >= 0.3 is 19.9 Å². The van der Waals surface area contributed by atoms with E-state index >= 15 is 0 Å². The fourth-order valence-electron chi connectivity index (χ4n) is 0.956.